The van der Waals surface area contributed by atoms with E-state index in [9.17, 15) is 16.8 Å². The summed E-state index contributed by atoms with van der Waals surface area (Å²) in [6, 6.07) is 9.93. The van der Waals surface area contributed by atoms with Crippen LogP contribution >= 0.6 is 0 Å². The molecule has 0 radical (unpaired) electrons. The highest BCUT2D eigenvalue weighted by Gasteiger charge is 2.32. The molecule has 1 aliphatic rings. The van der Waals surface area contributed by atoms with Crippen molar-refractivity contribution in [1.29, 1.82) is 0 Å². The largest absolute Gasteiger partial charge is 0.493 e. The zero-order valence-corrected chi connectivity index (χ0v) is 24.4. The van der Waals surface area contributed by atoms with E-state index in [4.69, 9.17) is 14.2 Å². The monoisotopic (exact) mass is 591 g/mol. The molecule has 0 spiro atoms. The number of methoxy groups -OCH3 is 1. The SMILES string of the molecule is CCS(=O)(=O)NCCOc1nc(C2CC2)nc(NS(=O)(=O)c2ccc(C(C)C)cn2)c1Oc1ccccc1OC. The Hall–Kier alpha value is -3.49. The van der Waals surface area contributed by atoms with Crippen LogP contribution in [0.4, 0.5) is 5.82 Å². The van der Waals surface area contributed by atoms with E-state index in [1.807, 2.05) is 13.8 Å². The number of hydrogen-bond acceptors (Lipinski definition) is 10. The molecule has 0 atom stereocenters. The van der Waals surface area contributed by atoms with Gasteiger partial charge in [-0.1, -0.05) is 32.0 Å². The van der Waals surface area contributed by atoms with Crippen LogP contribution in [0.1, 0.15) is 56.8 Å². The van der Waals surface area contributed by atoms with Gasteiger partial charge in [-0.15, -0.1) is 0 Å². The van der Waals surface area contributed by atoms with E-state index in [0.29, 0.717) is 11.6 Å². The lowest BCUT2D eigenvalue weighted by molar-refractivity contribution is 0.290. The molecule has 0 bridgehead atoms. The first-order valence-corrected chi connectivity index (χ1v) is 16.0. The van der Waals surface area contributed by atoms with Gasteiger partial charge in [0.15, 0.2) is 22.3 Å². The first-order chi connectivity index (χ1) is 19.0. The third-order valence-electron chi connectivity index (χ3n) is 6.05. The number of rotatable bonds is 14. The van der Waals surface area contributed by atoms with E-state index in [0.717, 1.165) is 18.4 Å². The summed E-state index contributed by atoms with van der Waals surface area (Å²) in [6.45, 7) is 5.38. The highest BCUT2D eigenvalue weighted by Crippen LogP contribution is 2.45. The van der Waals surface area contributed by atoms with Crippen molar-refractivity contribution in [3.63, 3.8) is 0 Å². The summed E-state index contributed by atoms with van der Waals surface area (Å²) >= 11 is 0. The molecule has 1 aliphatic carbocycles. The highest BCUT2D eigenvalue weighted by molar-refractivity contribution is 7.92. The average molecular weight is 592 g/mol. The molecule has 1 aromatic carbocycles. The van der Waals surface area contributed by atoms with E-state index >= 15 is 0 Å². The van der Waals surface area contributed by atoms with E-state index in [1.165, 1.54) is 26.3 Å². The third-order valence-corrected chi connectivity index (χ3v) is 8.71. The number of nitrogens with zero attached hydrogens (tertiary/aromatic N) is 3. The lowest BCUT2D eigenvalue weighted by Crippen LogP contribution is -2.29. The number of benzene rings is 1. The molecule has 40 heavy (non-hydrogen) atoms. The lowest BCUT2D eigenvalue weighted by atomic mass is 10.1. The van der Waals surface area contributed by atoms with Crippen molar-refractivity contribution < 1.29 is 31.0 Å². The number of para-hydroxylation sites is 2. The van der Waals surface area contributed by atoms with Gasteiger partial charge in [-0.05, 0) is 49.4 Å². The number of sulfonamides is 2. The summed E-state index contributed by atoms with van der Waals surface area (Å²) in [7, 11) is -6.14. The Morgan fingerprint density at radius 2 is 1.75 bits per heavy atom. The fourth-order valence-electron chi connectivity index (χ4n) is 3.56. The van der Waals surface area contributed by atoms with Crippen molar-refractivity contribution in [3.8, 4) is 23.1 Å². The van der Waals surface area contributed by atoms with Crippen molar-refractivity contribution >= 4 is 25.9 Å². The van der Waals surface area contributed by atoms with Crippen LogP contribution in [-0.4, -0.2) is 57.8 Å². The molecule has 2 aromatic heterocycles. The van der Waals surface area contributed by atoms with Crippen molar-refractivity contribution in [2.24, 2.45) is 0 Å². The topological polar surface area (TPSA) is 159 Å². The predicted octanol–water partition coefficient (Wildman–Crippen LogP) is 3.79. The second kappa shape index (κ2) is 12.4. The van der Waals surface area contributed by atoms with Crippen LogP contribution in [0.5, 0.6) is 23.1 Å². The van der Waals surface area contributed by atoms with Crippen LogP contribution in [0.15, 0.2) is 47.6 Å². The molecule has 4 rings (SSSR count). The summed E-state index contributed by atoms with van der Waals surface area (Å²) < 4.78 is 72.7. The molecule has 0 aliphatic heterocycles. The Bertz CT molecular complexity index is 1540. The third kappa shape index (κ3) is 7.37. The quantitative estimate of drug-likeness (QED) is 0.264. The Labute approximate surface area is 234 Å². The fraction of sp³-hybridized carbons (Fsp3) is 0.423. The second-order valence-corrected chi connectivity index (χ2v) is 13.2. The van der Waals surface area contributed by atoms with E-state index in [2.05, 4.69) is 24.4 Å². The minimum absolute atomic E-state index is 0.0276. The van der Waals surface area contributed by atoms with E-state index in [1.54, 1.807) is 30.3 Å². The number of aromatic nitrogens is 3. The Balaban J connectivity index is 1.73. The van der Waals surface area contributed by atoms with Gasteiger partial charge >= 0.3 is 0 Å². The Morgan fingerprint density at radius 3 is 2.35 bits per heavy atom. The molecule has 1 fully saturated rings. The van der Waals surface area contributed by atoms with Crippen LogP contribution in [0.3, 0.4) is 0 Å². The maximum Gasteiger partial charge on any atom is 0.280 e. The average Bonchev–Trinajstić information content (AvgIpc) is 3.78. The zero-order valence-electron chi connectivity index (χ0n) is 22.7. The number of hydrogen-bond donors (Lipinski definition) is 2. The minimum Gasteiger partial charge on any atom is -0.493 e. The molecular weight excluding hydrogens is 558 g/mol. The Morgan fingerprint density at radius 1 is 1.02 bits per heavy atom. The smallest absolute Gasteiger partial charge is 0.280 e. The molecule has 3 aromatic rings. The molecular formula is C26H33N5O7S2. The molecule has 0 saturated heterocycles. The second-order valence-electron chi connectivity index (χ2n) is 9.43. The number of nitrogens with one attached hydrogen (secondary N) is 2. The molecule has 2 N–H and O–H groups in total. The van der Waals surface area contributed by atoms with Crippen molar-refractivity contribution in [1.82, 2.24) is 19.7 Å². The maximum absolute atomic E-state index is 13.4. The molecule has 216 valence electrons. The molecule has 0 amide bonds. The summed E-state index contributed by atoms with van der Waals surface area (Å²) in [5, 5.41) is -0.192. The first kappa shape index (κ1) is 29.5. The minimum atomic E-state index is -4.18. The van der Waals surface area contributed by atoms with Gasteiger partial charge in [0.25, 0.3) is 15.9 Å². The summed E-state index contributed by atoms with van der Waals surface area (Å²) in [6.07, 6.45) is 3.20. The summed E-state index contributed by atoms with van der Waals surface area (Å²) in [5.74, 6) is 0.898. The number of ether oxygens (including phenoxy) is 3. The maximum atomic E-state index is 13.4. The van der Waals surface area contributed by atoms with Crippen molar-refractivity contribution in [2.45, 2.75) is 50.5 Å². The van der Waals surface area contributed by atoms with Gasteiger partial charge in [0.1, 0.15) is 12.4 Å². The first-order valence-electron chi connectivity index (χ1n) is 12.8. The normalized spacial score (nSPS) is 13.7. The van der Waals surface area contributed by atoms with Gasteiger partial charge in [-0.25, -0.2) is 23.1 Å². The summed E-state index contributed by atoms with van der Waals surface area (Å²) in [5.41, 5.74) is 0.895. The molecule has 14 heteroatoms. The van der Waals surface area contributed by atoms with Crippen LogP contribution in [0.2, 0.25) is 0 Å². The van der Waals surface area contributed by atoms with Crippen LogP contribution in [0, 0.1) is 0 Å². The van der Waals surface area contributed by atoms with Crippen LogP contribution < -0.4 is 23.7 Å². The lowest BCUT2D eigenvalue weighted by Gasteiger charge is -2.18. The van der Waals surface area contributed by atoms with Crippen molar-refractivity contribution in [2.75, 3.05) is 30.7 Å². The number of anilines is 1. The Kier molecular flexibility index (Phi) is 9.11. The molecule has 2 heterocycles. The van der Waals surface area contributed by atoms with Crippen LogP contribution in [0.25, 0.3) is 0 Å². The highest BCUT2D eigenvalue weighted by atomic mass is 32.2. The number of pyridine rings is 1. The van der Waals surface area contributed by atoms with Gasteiger partial charge in [-0.3, -0.25) is 4.72 Å². The van der Waals surface area contributed by atoms with Crippen molar-refractivity contribution in [3.05, 3.63) is 54.0 Å². The van der Waals surface area contributed by atoms with Gasteiger partial charge in [0, 0.05) is 18.7 Å². The van der Waals surface area contributed by atoms with Gasteiger partial charge in [-0.2, -0.15) is 13.4 Å². The van der Waals surface area contributed by atoms with E-state index < -0.39 is 20.0 Å². The zero-order chi connectivity index (χ0) is 28.9. The van der Waals surface area contributed by atoms with Gasteiger partial charge in [0.2, 0.25) is 15.8 Å². The predicted molar refractivity (Wildman–Crippen MR) is 149 cm³/mol. The standard InChI is InChI=1S/C26H33N5O7S2/c1-5-39(32,33)28-14-15-37-26-23(38-21-9-7-6-8-20(21)36-4)25(29-24(30-26)18-10-11-18)31-40(34,35)22-13-12-19(16-27-22)17(2)3/h6-9,12-13,16-18,28H,5,10-11,14-15H2,1-4H3,(H,29,30,31). The summed E-state index contributed by atoms with van der Waals surface area (Å²) in [4.78, 5) is 13.1. The van der Waals surface area contributed by atoms with Gasteiger partial charge < -0.3 is 14.2 Å². The molecule has 12 nitrogen and oxygen atoms in total. The van der Waals surface area contributed by atoms with E-state index in [-0.39, 0.29) is 59.0 Å². The fourth-order valence-corrected chi connectivity index (χ4v) is 5.10. The molecule has 1 saturated carbocycles. The molecule has 0 unspecified atom stereocenters. The van der Waals surface area contributed by atoms with Gasteiger partial charge in [0.05, 0.1) is 12.9 Å². The van der Waals surface area contributed by atoms with Crippen LogP contribution in [-0.2, 0) is 20.0 Å².